The minimum absolute atomic E-state index is 0.0637. The number of amides is 1. The van der Waals surface area contributed by atoms with E-state index < -0.39 is 11.5 Å². The molecular formula is C21H21NO4. The van der Waals surface area contributed by atoms with Crippen molar-refractivity contribution in [3.8, 4) is 0 Å². The summed E-state index contributed by atoms with van der Waals surface area (Å²) in [6, 6.07) is 14.2. The molecule has 0 saturated carbocycles. The van der Waals surface area contributed by atoms with Crippen molar-refractivity contribution in [2.75, 3.05) is 6.61 Å². The number of benzene rings is 2. The molecule has 1 N–H and O–H groups in total. The maximum absolute atomic E-state index is 12.7. The van der Waals surface area contributed by atoms with Crippen LogP contribution in [0.1, 0.15) is 45.7 Å². The van der Waals surface area contributed by atoms with Crippen molar-refractivity contribution in [1.82, 2.24) is 5.32 Å². The summed E-state index contributed by atoms with van der Waals surface area (Å²) in [7, 11) is 0. The van der Waals surface area contributed by atoms with Crippen molar-refractivity contribution >= 4 is 17.7 Å². The molecule has 1 aliphatic rings. The number of fused-ring (bicyclic) bond motifs is 1. The maximum Gasteiger partial charge on any atom is 0.332 e. The third-order valence-electron chi connectivity index (χ3n) is 4.68. The molecule has 0 radical (unpaired) electrons. The number of carbonyl (C=O) groups excluding carboxylic acids is 3. The first kappa shape index (κ1) is 17.9. The summed E-state index contributed by atoms with van der Waals surface area (Å²) in [5, 5.41) is 2.89. The molecule has 0 spiro atoms. The molecule has 0 aromatic heterocycles. The second kappa shape index (κ2) is 7.12. The smallest absolute Gasteiger partial charge is 0.332 e. The van der Waals surface area contributed by atoms with Gasteiger partial charge in [-0.15, -0.1) is 0 Å². The van der Waals surface area contributed by atoms with E-state index in [0.29, 0.717) is 24.0 Å². The highest BCUT2D eigenvalue weighted by atomic mass is 16.5. The molecule has 0 saturated heterocycles. The van der Waals surface area contributed by atoms with Crippen molar-refractivity contribution < 1.29 is 19.1 Å². The van der Waals surface area contributed by atoms with Crippen LogP contribution in [0.4, 0.5) is 0 Å². The fourth-order valence-corrected chi connectivity index (χ4v) is 3.31. The van der Waals surface area contributed by atoms with E-state index in [1.165, 1.54) is 6.92 Å². The number of nitrogens with one attached hydrogen (secondary N) is 1. The van der Waals surface area contributed by atoms with E-state index >= 15 is 0 Å². The third-order valence-corrected chi connectivity index (χ3v) is 4.68. The second-order valence-electron chi connectivity index (χ2n) is 6.51. The summed E-state index contributed by atoms with van der Waals surface area (Å²) in [5.74, 6) is -0.850. The van der Waals surface area contributed by atoms with Gasteiger partial charge in [-0.3, -0.25) is 9.59 Å². The molecule has 0 fully saturated rings. The lowest BCUT2D eigenvalue weighted by Gasteiger charge is -2.28. The molecule has 0 atom stereocenters. The predicted molar refractivity (Wildman–Crippen MR) is 97.1 cm³/mol. The summed E-state index contributed by atoms with van der Waals surface area (Å²) >= 11 is 0. The Morgan fingerprint density at radius 3 is 2.00 bits per heavy atom. The first-order valence-electron chi connectivity index (χ1n) is 8.63. The summed E-state index contributed by atoms with van der Waals surface area (Å²) in [5.41, 5.74) is 1.90. The molecule has 3 rings (SSSR count). The van der Waals surface area contributed by atoms with Crippen molar-refractivity contribution in [3.63, 3.8) is 0 Å². The number of rotatable bonds is 5. The van der Waals surface area contributed by atoms with Crippen LogP contribution >= 0.6 is 0 Å². The third kappa shape index (κ3) is 3.38. The van der Waals surface area contributed by atoms with E-state index in [1.54, 1.807) is 31.2 Å². The lowest BCUT2D eigenvalue weighted by molar-refractivity contribution is -0.150. The Hall–Kier alpha value is -2.95. The molecule has 26 heavy (non-hydrogen) atoms. The number of ketones is 1. The fourth-order valence-electron chi connectivity index (χ4n) is 3.31. The average molecular weight is 351 g/mol. The Morgan fingerprint density at radius 2 is 1.50 bits per heavy atom. The normalized spacial score (nSPS) is 14.4. The zero-order valence-corrected chi connectivity index (χ0v) is 14.9. The Morgan fingerprint density at radius 1 is 0.962 bits per heavy atom. The van der Waals surface area contributed by atoms with Gasteiger partial charge in [-0.2, -0.15) is 0 Å². The van der Waals surface area contributed by atoms with Crippen LogP contribution in [0, 0.1) is 0 Å². The molecular weight excluding hydrogens is 330 g/mol. The van der Waals surface area contributed by atoms with Crippen LogP contribution < -0.4 is 5.32 Å². The zero-order chi connectivity index (χ0) is 18.7. The Balaban J connectivity index is 1.86. The van der Waals surface area contributed by atoms with Crippen LogP contribution in [-0.2, 0) is 22.4 Å². The monoisotopic (exact) mass is 351 g/mol. The molecule has 0 unspecified atom stereocenters. The topological polar surface area (TPSA) is 72.5 Å². The maximum atomic E-state index is 12.7. The van der Waals surface area contributed by atoms with Crippen molar-refractivity contribution in [2.24, 2.45) is 0 Å². The molecule has 0 aliphatic heterocycles. The van der Waals surface area contributed by atoms with Gasteiger partial charge in [0.1, 0.15) is 5.54 Å². The summed E-state index contributed by atoms with van der Waals surface area (Å²) in [4.78, 5) is 36.8. The summed E-state index contributed by atoms with van der Waals surface area (Å²) < 4.78 is 5.25. The van der Waals surface area contributed by atoms with Crippen LogP contribution in [0.5, 0.6) is 0 Å². The SMILES string of the molecule is CCOC(=O)C1(NC(=O)c2ccc(C(C)=O)cc2)Cc2ccccc2C1. The van der Waals surface area contributed by atoms with E-state index in [0.717, 1.165) is 11.1 Å². The van der Waals surface area contributed by atoms with Crippen LogP contribution in [0.3, 0.4) is 0 Å². The van der Waals surface area contributed by atoms with E-state index in [4.69, 9.17) is 4.74 Å². The van der Waals surface area contributed by atoms with Gasteiger partial charge in [0.15, 0.2) is 5.78 Å². The molecule has 1 aliphatic carbocycles. The molecule has 0 bridgehead atoms. The number of carbonyl (C=O) groups is 3. The first-order valence-corrected chi connectivity index (χ1v) is 8.63. The number of ether oxygens (including phenoxy) is 1. The Kier molecular flexibility index (Phi) is 4.89. The standard InChI is InChI=1S/C21H21NO4/c1-3-26-20(25)21(12-17-6-4-5-7-18(17)13-21)22-19(24)16-10-8-15(9-11-16)14(2)23/h4-11H,3,12-13H2,1-2H3,(H,22,24). The van der Waals surface area contributed by atoms with Crippen LogP contribution in [0.2, 0.25) is 0 Å². The van der Waals surface area contributed by atoms with E-state index in [-0.39, 0.29) is 18.3 Å². The van der Waals surface area contributed by atoms with Gasteiger partial charge in [-0.05, 0) is 37.1 Å². The highest BCUT2D eigenvalue weighted by Crippen LogP contribution is 2.31. The molecule has 2 aromatic rings. The van der Waals surface area contributed by atoms with Crippen LogP contribution in [0.15, 0.2) is 48.5 Å². The summed E-state index contributed by atoms with van der Waals surface area (Å²) in [6.07, 6.45) is 0.804. The zero-order valence-electron chi connectivity index (χ0n) is 14.9. The van der Waals surface area contributed by atoms with Crippen molar-refractivity contribution in [2.45, 2.75) is 32.2 Å². The predicted octanol–water partition coefficient (Wildman–Crippen LogP) is 2.72. The number of hydrogen-bond acceptors (Lipinski definition) is 4. The quantitative estimate of drug-likeness (QED) is 0.664. The van der Waals surface area contributed by atoms with E-state index in [2.05, 4.69) is 5.32 Å². The van der Waals surface area contributed by atoms with Crippen LogP contribution in [0.25, 0.3) is 0 Å². The molecule has 134 valence electrons. The van der Waals surface area contributed by atoms with Gasteiger partial charge in [-0.1, -0.05) is 36.4 Å². The first-order chi connectivity index (χ1) is 12.4. The van der Waals surface area contributed by atoms with Gasteiger partial charge in [0.25, 0.3) is 5.91 Å². The van der Waals surface area contributed by atoms with Crippen LogP contribution in [-0.4, -0.2) is 29.8 Å². The van der Waals surface area contributed by atoms with Gasteiger partial charge in [0.2, 0.25) is 0 Å². The Bertz CT molecular complexity index is 830. The van der Waals surface area contributed by atoms with Gasteiger partial charge in [0.05, 0.1) is 6.61 Å². The molecule has 2 aromatic carbocycles. The van der Waals surface area contributed by atoms with Gasteiger partial charge < -0.3 is 10.1 Å². The lowest BCUT2D eigenvalue weighted by Crippen LogP contribution is -2.56. The van der Waals surface area contributed by atoms with Gasteiger partial charge in [-0.25, -0.2) is 4.79 Å². The second-order valence-corrected chi connectivity index (χ2v) is 6.51. The lowest BCUT2D eigenvalue weighted by atomic mass is 9.94. The average Bonchev–Trinajstić information content (AvgIpc) is 3.01. The largest absolute Gasteiger partial charge is 0.464 e. The fraction of sp³-hybridized carbons (Fsp3) is 0.286. The number of hydrogen-bond donors (Lipinski definition) is 1. The van der Waals surface area contributed by atoms with Crippen molar-refractivity contribution in [3.05, 3.63) is 70.8 Å². The van der Waals surface area contributed by atoms with Gasteiger partial charge >= 0.3 is 5.97 Å². The van der Waals surface area contributed by atoms with E-state index in [9.17, 15) is 14.4 Å². The number of Topliss-reactive ketones (excluding diaryl/α,β-unsaturated/α-hetero) is 1. The van der Waals surface area contributed by atoms with Crippen molar-refractivity contribution in [1.29, 1.82) is 0 Å². The highest BCUT2D eigenvalue weighted by molar-refractivity contribution is 6.00. The van der Waals surface area contributed by atoms with Gasteiger partial charge in [0, 0.05) is 24.0 Å². The summed E-state index contributed by atoms with van der Waals surface area (Å²) in [6.45, 7) is 3.47. The minimum Gasteiger partial charge on any atom is -0.464 e. The molecule has 0 heterocycles. The molecule has 1 amide bonds. The molecule has 5 nitrogen and oxygen atoms in total. The Labute approximate surface area is 152 Å². The minimum atomic E-state index is -1.10. The highest BCUT2D eigenvalue weighted by Gasteiger charge is 2.46. The number of esters is 1. The molecule has 5 heteroatoms. The van der Waals surface area contributed by atoms with E-state index in [1.807, 2.05) is 24.3 Å².